The molecule has 1 nitrogen and oxygen atoms in total. The standard InChI is InChI=1S/C4H12BN/c1-4-5(2)6-3/h6H,4H2,1-3H3. The number of rotatable bonds is 2. The highest BCUT2D eigenvalue weighted by molar-refractivity contribution is 6.54. The van der Waals surface area contributed by atoms with Crippen LogP contribution in [0.1, 0.15) is 6.92 Å². The van der Waals surface area contributed by atoms with Gasteiger partial charge in [-0.3, -0.25) is 0 Å². The molecule has 0 bridgehead atoms. The first kappa shape index (κ1) is 6.02. The third-order valence-electron chi connectivity index (χ3n) is 1.11. The summed E-state index contributed by atoms with van der Waals surface area (Å²) in [6, 6.07) is 0. The summed E-state index contributed by atoms with van der Waals surface area (Å²) in [4.78, 5) is 0. The Morgan fingerprint density at radius 3 is 2.17 bits per heavy atom. The molecular weight excluding hydrogens is 72.9 g/mol. The fourth-order valence-corrected chi connectivity index (χ4v) is 0.204. The van der Waals surface area contributed by atoms with Crippen molar-refractivity contribution >= 4 is 6.85 Å². The summed E-state index contributed by atoms with van der Waals surface area (Å²) in [5.41, 5.74) is 0. The molecule has 0 atom stereocenters. The van der Waals surface area contributed by atoms with E-state index in [0.717, 1.165) is 0 Å². The summed E-state index contributed by atoms with van der Waals surface area (Å²) in [5.74, 6) is 0. The van der Waals surface area contributed by atoms with Crippen LogP contribution in [0.25, 0.3) is 0 Å². The second-order valence-corrected chi connectivity index (χ2v) is 1.60. The molecule has 0 aromatic heterocycles. The lowest BCUT2D eigenvalue weighted by molar-refractivity contribution is 1.17. The van der Waals surface area contributed by atoms with Gasteiger partial charge in [0.2, 0.25) is 6.85 Å². The van der Waals surface area contributed by atoms with Gasteiger partial charge in [-0.05, 0) is 7.05 Å². The summed E-state index contributed by atoms with van der Waals surface area (Å²) in [5, 5.41) is 3.11. The highest BCUT2D eigenvalue weighted by atomic mass is 14.7. The van der Waals surface area contributed by atoms with Gasteiger partial charge in [-0.2, -0.15) is 0 Å². The summed E-state index contributed by atoms with van der Waals surface area (Å²) < 4.78 is 0. The molecule has 0 heterocycles. The van der Waals surface area contributed by atoms with E-state index < -0.39 is 0 Å². The smallest absolute Gasteiger partial charge is 0.216 e. The van der Waals surface area contributed by atoms with E-state index in [1.165, 1.54) is 6.32 Å². The van der Waals surface area contributed by atoms with E-state index in [9.17, 15) is 0 Å². The average molecular weight is 85.0 g/mol. The van der Waals surface area contributed by atoms with Crippen molar-refractivity contribution in [2.75, 3.05) is 7.05 Å². The first-order valence-electron chi connectivity index (χ1n) is 2.48. The highest BCUT2D eigenvalue weighted by Crippen LogP contribution is 1.79. The molecule has 0 rings (SSSR count). The molecule has 36 valence electrons. The van der Waals surface area contributed by atoms with Gasteiger partial charge in [-0.25, -0.2) is 0 Å². The van der Waals surface area contributed by atoms with Gasteiger partial charge >= 0.3 is 0 Å². The van der Waals surface area contributed by atoms with Crippen molar-refractivity contribution in [3.8, 4) is 0 Å². The molecule has 0 aromatic rings. The van der Waals surface area contributed by atoms with Crippen LogP contribution in [0.3, 0.4) is 0 Å². The van der Waals surface area contributed by atoms with Crippen molar-refractivity contribution in [1.82, 2.24) is 5.23 Å². The molecule has 0 aromatic carbocycles. The van der Waals surface area contributed by atoms with Crippen LogP contribution in [0.15, 0.2) is 0 Å². The number of hydrogen-bond acceptors (Lipinski definition) is 1. The van der Waals surface area contributed by atoms with Gasteiger partial charge in [0.1, 0.15) is 0 Å². The third-order valence-corrected chi connectivity index (χ3v) is 1.11. The summed E-state index contributed by atoms with van der Waals surface area (Å²) in [6.45, 7) is 5.02. The largest absolute Gasteiger partial charge is 0.359 e. The van der Waals surface area contributed by atoms with E-state index in [0.29, 0.717) is 6.85 Å². The zero-order valence-corrected chi connectivity index (χ0v) is 4.78. The molecule has 0 aliphatic rings. The van der Waals surface area contributed by atoms with Gasteiger partial charge in [0.05, 0.1) is 0 Å². The maximum absolute atomic E-state index is 3.11. The number of nitrogens with one attached hydrogen (secondary N) is 1. The molecule has 6 heavy (non-hydrogen) atoms. The van der Waals surface area contributed by atoms with Crippen LogP contribution < -0.4 is 5.23 Å². The molecule has 0 radical (unpaired) electrons. The SMILES string of the molecule is CCB(C)NC. The summed E-state index contributed by atoms with van der Waals surface area (Å²) >= 11 is 0. The molecular formula is C4H12BN. The molecule has 0 unspecified atom stereocenters. The Hall–Kier alpha value is 0.0249. The summed E-state index contributed by atoms with van der Waals surface area (Å²) in [6.07, 6.45) is 1.22. The molecule has 0 amide bonds. The van der Waals surface area contributed by atoms with E-state index in [1.54, 1.807) is 0 Å². The van der Waals surface area contributed by atoms with Crippen LogP contribution in [0.5, 0.6) is 0 Å². The maximum atomic E-state index is 3.11. The normalized spacial score (nSPS) is 8.50. The van der Waals surface area contributed by atoms with E-state index in [-0.39, 0.29) is 0 Å². The van der Waals surface area contributed by atoms with Gasteiger partial charge < -0.3 is 5.23 Å². The lowest BCUT2D eigenvalue weighted by Crippen LogP contribution is -2.24. The Morgan fingerprint density at radius 1 is 1.67 bits per heavy atom. The topological polar surface area (TPSA) is 12.0 Å². The zero-order chi connectivity index (χ0) is 4.99. The molecule has 1 N–H and O–H groups in total. The lowest BCUT2D eigenvalue weighted by atomic mass is 9.63. The molecule has 0 spiro atoms. The van der Waals surface area contributed by atoms with Gasteiger partial charge in [-0.15, -0.1) is 0 Å². The predicted molar refractivity (Wildman–Crippen MR) is 31.2 cm³/mol. The molecule has 0 saturated heterocycles. The molecule has 0 aliphatic carbocycles. The van der Waals surface area contributed by atoms with Crippen LogP contribution in [0.2, 0.25) is 13.1 Å². The second kappa shape index (κ2) is 3.22. The predicted octanol–water partition coefficient (Wildman–Crippen LogP) is 0.847. The van der Waals surface area contributed by atoms with Crippen LogP contribution in [-0.2, 0) is 0 Å². The van der Waals surface area contributed by atoms with Crippen LogP contribution in [0, 0.1) is 0 Å². The van der Waals surface area contributed by atoms with E-state index in [2.05, 4.69) is 19.0 Å². The van der Waals surface area contributed by atoms with Crippen molar-refractivity contribution in [3.05, 3.63) is 0 Å². The Bertz CT molecular complexity index is 26.7. The third kappa shape index (κ3) is 2.27. The zero-order valence-electron chi connectivity index (χ0n) is 4.78. The Labute approximate surface area is 40.2 Å². The fourth-order valence-electron chi connectivity index (χ4n) is 0.204. The Morgan fingerprint density at radius 2 is 2.17 bits per heavy atom. The van der Waals surface area contributed by atoms with Crippen LogP contribution >= 0.6 is 0 Å². The van der Waals surface area contributed by atoms with Crippen molar-refractivity contribution in [3.63, 3.8) is 0 Å². The average Bonchev–Trinajstić information content (AvgIpc) is 1.65. The second-order valence-electron chi connectivity index (χ2n) is 1.60. The number of hydrogen-bond donors (Lipinski definition) is 1. The molecule has 0 fully saturated rings. The summed E-state index contributed by atoms with van der Waals surface area (Å²) in [7, 11) is 1.98. The van der Waals surface area contributed by atoms with Gasteiger partial charge in [0.25, 0.3) is 0 Å². The van der Waals surface area contributed by atoms with E-state index >= 15 is 0 Å². The fraction of sp³-hybridized carbons (Fsp3) is 1.00. The van der Waals surface area contributed by atoms with Crippen LogP contribution in [-0.4, -0.2) is 13.9 Å². The minimum absolute atomic E-state index is 0.685. The first-order valence-corrected chi connectivity index (χ1v) is 2.48. The minimum Gasteiger partial charge on any atom is -0.359 e. The highest BCUT2D eigenvalue weighted by Gasteiger charge is 1.94. The Balaban J connectivity index is 2.75. The van der Waals surface area contributed by atoms with Crippen LogP contribution in [0.4, 0.5) is 0 Å². The van der Waals surface area contributed by atoms with Crippen molar-refractivity contribution in [1.29, 1.82) is 0 Å². The molecule has 0 aliphatic heterocycles. The van der Waals surface area contributed by atoms with Crippen molar-refractivity contribution in [2.24, 2.45) is 0 Å². The van der Waals surface area contributed by atoms with E-state index in [1.807, 2.05) is 7.05 Å². The molecule has 0 saturated carbocycles. The minimum atomic E-state index is 0.685. The first-order chi connectivity index (χ1) is 2.81. The van der Waals surface area contributed by atoms with Gasteiger partial charge in [-0.1, -0.05) is 20.1 Å². The molecule has 2 heteroatoms. The lowest BCUT2D eigenvalue weighted by Gasteiger charge is -1.96. The van der Waals surface area contributed by atoms with Gasteiger partial charge in [0, 0.05) is 0 Å². The Kier molecular flexibility index (Phi) is 3.24. The quantitative estimate of drug-likeness (QED) is 0.490. The van der Waals surface area contributed by atoms with Gasteiger partial charge in [0.15, 0.2) is 0 Å². The van der Waals surface area contributed by atoms with E-state index in [4.69, 9.17) is 0 Å². The van der Waals surface area contributed by atoms with Crippen molar-refractivity contribution < 1.29 is 0 Å². The maximum Gasteiger partial charge on any atom is 0.216 e. The monoisotopic (exact) mass is 85.1 g/mol. The van der Waals surface area contributed by atoms with Crippen molar-refractivity contribution in [2.45, 2.75) is 20.1 Å².